The van der Waals surface area contributed by atoms with Gasteiger partial charge in [-0.05, 0) is 30.5 Å². The van der Waals surface area contributed by atoms with E-state index in [1.807, 2.05) is 0 Å². The summed E-state index contributed by atoms with van der Waals surface area (Å²) >= 11 is 0. The number of nitriles is 1. The van der Waals surface area contributed by atoms with Gasteiger partial charge in [0.2, 0.25) is 0 Å². The molecule has 1 aromatic carbocycles. The van der Waals surface area contributed by atoms with Crippen molar-refractivity contribution in [1.29, 1.82) is 5.26 Å². The minimum absolute atomic E-state index is 0.0422. The molecule has 1 aliphatic rings. The van der Waals surface area contributed by atoms with Gasteiger partial charge in [0.1, 0.15) is 6.07 Å². The van der Waals surface area contributed by atoms with E-state index >= 15 is 0 Å². The first kappa shape index (κ1) is 12.7. The Morgan fingerprint density at radius 2 is 2.06 bits per heavy atom. The predicted octanol–water partition coefficient (Wildman–Crippen LogP) is 3.79. The van der Waals surface area contributed by atoms with Gasteiger partial charge in [-0.1, -0.05) is 12.8 Å². The molecule has 0 bridgehead atoms. The minimum atomic E-state index is -4.40. The van der Waals surface area contributed by atoms with Crippen LogP contribution in [-0.4, -0.2) is 6.54 Å². The van der Waals surface area contributed by atoms with Crippen molar-refractivity contribution in [2.24, 2.45) is 5.92 Å². The second-order valence-corrected chi connectivity index (χ2v) is 4.53. The number of hydrogen-bond acceptors (Lipinski definition) is 2. The molecule has 0 amide bonds. The third kappa shape index (κ3) is 3.16. The van der Waals surface area contributed by atoms with Gasteiger partial charge in [-0.2, -0.15) is 18.4 Å². The molecule has 0 unspecified atom stereocenters. The summed E-state index contributed by atoms with van der Waals surface area (Å²) in [5.74, 6) is 0.748. The summed E-state index contributed by atoms with van der Waals surface area (Å²) in [6.07, 6.45) is -0.927. The lowest BCUT2D eigenvalue weighted by atomic mass is 10.1. The Labute approximate surface area is 103 Å². The van der Waals surface area contributed by atoms with Gasteiger partial charge < -0.3 is 5.32 Å². The quantitative estimate of drug-likeness (QED) is 0.887. The van der Waals surface area contributed by atoms with Crippen molar-refractivity contribution >= 4 is 5.69 Å². The fraction of sp³-hybridized carbons (Fsp3) is 0.462. The third-order valence-electron chi connectivity index (χ3n) is 3.03. The van der Waals surface area contributed by atoms with E-state index in [2.05, 4.69) is 5.32 Å². The third-order valence-corrected chi connectivity index (χ3v) is 3.03. The van der Waals surface area contributed by atoms with Crippen molar-refractivity contribution in [3.05, 3.63) is 29.3 Å². The summed E-state index contributed by atoms with van der Waals surface area (Å²) in [6.45, 7) is 0.699. The van der Waals surface area contributed by atoms with Crippen molar-refractivity contribution in [3.8, 4) is 6.07 Å². The van der Waals surface area contributed by atoms with Crippen LogP contribution in [0, 0.1) is 17.2 Å². The molecule has 2 rings (SSSR count). The number of nitrogens with zero attached hydrogens (tertiary/aromatic N) is 1. The molecule has 1 fully saturated rings. The van der Waals surface area contributed by atoms with Crippen LogP contribution in [0.1, 0.15) is 30.4 Å². The highest BCUT2D eigenvalue weighted by Gasteiger charge is 2.31. The predicted molar refractivity (Wildman–Crippen MR) is 62.0 cm³/mol. The average Bonchev–Trinajstić information content (AvgIpc) is 3.12. The largest absolute Gasteiger partial charge is 0.416 e. The Morgan fingerprint density at radius 3 is 2.61 bits per heavy atom. The zero-order valence-electron chi connectivity index (χ0n) is 9.72. The first-order chi connectivity index (χ1) is 8.50. The summed E-state index contributed by atoms with van der Waals surface area (Å²) in [5.41, 5.74) is -0.265. The summed E-state index contributed by atoms with van der Waals surface area (Å²) in [5, 5.41) is 11.9. The Bertz CT molecular complexity index is 470. The highest BCUT2D eigenvalue weighted by Crippen LogP contribution is 2.33. The van der Waals surface area contributed by atoms with Gasteiger partial charge in [0.25, 0.3) is 0 Å². The van der Waals surface area contributed by atoms with E-state index in [1.54, 1.807) is 6.07 Å². The first-order valence-electron chi connectivity index (χ1n) is 5.86. The van der Waals surface area contributed by atoms with Crippen LogP contribution in [0.25, 0.3) is 0 Å². The van der Waals surface area contributed by atoms with Crippen LogP contribution >= 0.6 is 0 Å². The fourth-order valence-electron chi connectivity index (χ4n) is 1.78. The molecule has 0 atom stereocenters. The van der Waals surface area contributed by atoms with E-state index in [4.69, 9.17) is 5.26 Å². The molecule has 18 heavy (non-hydrogen) atoms. The molecule has 0 radical (unpaired) electrons. The van der Waals surface area contributed by atoms with E-state index in [9.17, 15) is 13.2 Å². The van der Waals surface area contributed by atoms with Gasteiger partial charge in [0, 0.05) is 6.54 Å². The number of benzene rings is 1. The van der Waals surface area contributed by atoms with Gasteiger partial charge in [0.15, 0.2) is 0 Å². The lowest BCUT2D eigenvalue weighted by Gasteiger charge is -2.11. The van der Waals surface area contributed by atoms with Crippen LogP contribution in [0.3, 0.4) is 0 Å². The van der Waals surface area contributed by atoms with E-state index < -0.39 is 11.7 Å². The molecule has 1 aliphatic carbocycles. The molecule has 0 spiro atoms. The zero-order chi connectivity index (χ0) is 13.2. The summed E-state index contributed by atoms with van der Waals surface area (Å²) in [4.78, 5) is 0. The topological polar surface area (TPSA) is 35.8 Å². The molecule has 2 nitrogen and oxygen atoms in total. The van der Waals surface area contributed by atoms with Crippen LogP contribution in [-0.2, 0) is 6.18 Å². The molecule has 0 heterocycles. The molecular weight excluding hydrogens is 241 g/mol. The maximum absolute atomic E-state index is 12.5. The Morgan fingerprint density at radius 1 is 1.33 bits per heavy atom. The van der Waals surface area contributed by atoms with Gasteiger partial charge >= 0.3 is 6.18 Å². The molecule has 1 N–H and O–H groups in total. The maximum Gasteiger partial charge on any atom is 0.416 e. The molecule has 5 heteroatoms. The fourth-order valence-corrected chi connectivity index (χ4v) is 1.78. The van der Waals surface area contributed by atoms with Gasteiger partial charge in [0.05, 0.1) is 16.8 Å². The number of nitrogens with one attached hydrogen (secondary N) is 1. The molecule has 96 valence electrons. The highest BCUT2D eigenvalue weighted by molar-refractivity contribution is 5.58. The van der Waals surface area contributed by atoms with Gasteiger partial charge in [-0.15, -0.1) is 0 Å². The SMILES string of the molecule is N#Cc1cc(C(F)(F)F)ccc1NCCC1CC1. The second-order valence-electron chi connectivity index (χ2n) is 4.53. The number of rotatable bonds is 4. The van der Waals surface area contributed by atoms with Gasteiger partial charge in [-0.25, -0.2) is 0 Å². The maximum atomic E-state index is 12.5. The van der Waals surface area contributed by atoms with Crippen LogP contribution in [0.4, 0.5) is 18.9 Å². The lowest BCUT2D eigenvalue weighted by molar-refractivity contribution is -0.137. The summed E-state index contributed by atoms with van der Waals surface area (Å²) in [7, 11) is 0. The summed E-state index contributed by atoms with van der Waals surface area (Å²) < 4.78 is 37.4. The molecule has 0 aromatic heterocycles. The van der Waals surface area contributed by atoms with Crippen molar-refractivity contribution in [2.75, 3.05) is 11.9 Å². The van der Waals surface area contributed by atoms with Crippen molar-refractivity contribution in [2.45, 2.75) is 25.4 Å². The van der Waals surface area contributed by atoms with Crippen LogP contribution in [0.5, 0.6) is 0 Å². The van der Waals surface area contributed by atoms with Crippen LogP contribution in [0.15, 0.2) is 18.2 Å². The Hall–Kier alpha value is -1.70. The van der Waals surface area contributed by atoms with Gasteiger partial charge in [-0.3, -0.25) is 0 Å². The number of halogens is 3. The lowest BCUT2D eigenvalue weighted by Crippen LogP contribution is -2.08. The van der Waals surface area contributed by atoms with Crippen molar-refractivity contribution in [3.63, 3.8) is 0 Å². The zero-order valence-corrected chi connectivity index (χ0v) is 9.72. The van der Waals surface area contributed by atoms with Crippen LogP contribution in [0.2, 0.25) is 0 Å². The minimum Gasteiger partial charge on any atom is -0.384 e. The molecule has 0 saturated heterocycles. The average molecular weight is 254 g/mol. The summed E-state index contributed by atoms with van der Waals surface area (Å²) in [6, 6.07) is 5.02. The van der Waals surface area contributed by atoms with Crippen molar-refractivity contribution < 1.29 is 13.2 Å². The monoisotopic (exact) mass is 254 g/mol. The van der Waals surface area contributed by atoms with Crippen LogP contribution < -0.4 is 5.32 Å². The Kier molecular flexibility index (Phi) is 3.46. The molecule has 0 aliphatic heterocycles. The van der Waals surface area contributed by atoms with Crippen molar-refractivity contribution in [1.82, 2.24) is 0 Å². The molecular formula is C13H13F3N2. The standard InChI is InChI=1S/C13H13F3N2/c14-13(15,16)11-3-4-12(10(7-11)8-17)18-6-5-9-1-2-9/h3-4,7,9,18H,1-2,5-6H2. The Balaban J connectivity index is 2.07. The van der Waals surface area contributed by atoms with E-state index in [0.717, 1.165) is 24.5 Å². The van der Waals surface area contributed by atoms with E-state index in [-0.39, 0.29) is 5.56 Å². The second kappa shape index (κ2) is 4.89. The smallest absolute Gasteiger partial charge is 0.384 e. The highest BCUT2D eigenvalue weighted by atomic mass is 19.4. The van der Waals surface area contributed by atoms with E-state index in [1.165, 1.54) is 18.9 Å². The molecule has 1 saturated carbocycles. The van der Waals surface area contributed by atoms with E-state index in [0.29, 0.717) is 12.2 Å². The number of alkyl halides is 3. The molecule has 1 aromatic rings. The normalized spacial score (nSPS) is 15.2. The number of hydrogen-bond donors (Lipinski definition) is 1. The number of anilines is 1. The first-order valence-corrected chi connectivity index (χ1v) is 5.86.